The van der Waals surface area contributed by atoms with Crippen LogP contribution in [0.4, 0.5) is 5.82 Å². The van der Waals surface area contributed by atoms with Gasteiger partial charge in [-0.25, -0.2) is 18.4 Å². The van der Waals surface area contributed by atoms with Crippen LogP contribution in [0.3, 0.4) is 0 Å². The highest BCUT2D eigenvalue weighted by Crippen LogP contribution is 2.29. The van der Waals surface area contributed by atoms with Crippen molar-refractivity contribution in [2.75, 3.05) is 11.9 Å². The van der Waals surface area contributed by atoms with Gasteiger partial charge in [0, 0.05) is 12.7 Å². The van der Waals surface area contributed by atoms with E-state index in [0.717, 1.165) is 18.4 Å². The van der Waals surface area contributed by atoms with E-state index in [1.165, 1.54) is 27.7 Å². The zero-order valence-electron chi connectivity index (χ0n) is 22.7. The summed E-state index contributed by atoms with van der Waals surface area (Å²) in [5, 5.41) is 11.6. The van der Waals surface area contributed by atoms with Gasteiger partial charge in [-0.2, -0.15) is 4.31 Å². The van der Waals surface area contributed by atoms with E-state index in [1.54, 1.807) is 30.3 Å². The molecule has 0 aliphatic heterocycles. The molecule has 0 bridgehead atoms. The molecule has 2 N–H and O–H groups in total. The number of aromatic nitrogens is 2. The summed E-state index contributed by atoms with van der Waals surface area (Å²) in [5.41, 5.74) is 3.75. The topological polar surface area (TPSA) is 112 Å². The Hall–Kier alpha value is -4.08. The number of benzene rings is 2. The molecule has 9 heteroatoms. The van der Waals surface area contributed by atoms with E-state index in [9.17, 15) is 13.2 Å². The Morgan fingerprint density at radius 2 is 1.60 bits per heavy atom. The second-order valence-corrected chi connectivity index (χ2v) is 12.2. The van der Waals surface area contributed by atoms with Crippen molar-refractivity contribution in [3.63, 3.8) is 0 Å². The van der Waals surface area contributed by atoms with Crippen LogP contribution in [0.1, 0.15) is 42.7 Å². The van der Waals surface area contributed by atoms with Gasteiger partial charge in [-0.15, -0.1) is 0 Å². The molecule has 0 atom stereocenters. The number of rotatable bonds is 13. The molecule has 8 nitrogen and oxygen atoms in total. The number of nitrogens with one attached hydrogen (secondary N) is 1. The van der Waals surface area contributed by atoms with Gasteiger partial charge >= 0.3 is 5.97 Å². The molecule has 0 fully saturated rings. The summed E-state index contributed by atoms with van der Waals surface area (Å²) in [6.07, 6.45) is 3.40. The number of hydrogen-bond donors (Lipinski definition) is 2. The fourth-order valence-corrected chi connectivity index (χ4v) is 5.71. The summed E-state index contributed by atoms with van der Waals surface area (Å²) in [7, 11) is -3.95. The molecule has 0 saturated carbocycles. The van der Waals surface area contributed by atoms with E-state index in [1.807, 2.05) is 18.2 Å². The third kappa shape index (κ3) is 7.74. The highest BCUT2D eigenvalue weighted by Gasteiger charge is 2.27. The van der Waals surface area contributed by atoms with E-state index in [-0.39, 0.29) is 30.1 Å². The van der Waals surface area contributed by atoms with Crippen molar-refractivity contribution in [2.45, 2.75) is 50.2 Å². The van der Waals surface area contributed by atoms with Gasteiger partial charge in [0.15, 0.2) is 5.03 Å². The summed E-state index contributed by atoms with van der Waals surface area (Å²) < 4.78 is 28.6. The Morgan fingerprint density at radius 1 is 0.875 bits per heavy atom. The summed E-state index contributed by atoms with van der Waals surface area (Å²) >= 11 is 0. The third-order valence-corrected chi connectivity index (χ3v) is 8.49. The standard InChI is InChI=1S/C31H34N4O4S/c1-31(2,19-18-24-9-4-3-5-10-24)26-16-14-25(15-17-26)22-35(40(38,39)29-13-6-7-20-32-29)23-27-11-8-12-28(34-27)33-21-30(36)37/h3-17,20H,18-19,21-23H2,1-2H3,(H,33,34)(H,36,37). The summed E-state index contributed by atoms with van der Waals surface area (Å²) in [5.74, 6) is -0.657. The summed E-state index contributed by atoms with van der Waals surface area (Å²) in [6.45, 7) is 4.27. The van der Waals surface area contributed by atoms with Crippen LogP contribution in [0, 0.1) is 0 Å². The molecule has 0 aliphatic rings. The van der Waals surface area contributed by atoms with Crippen molar-refractivity contribution in [3.8, 4) is 0 Å². The minimum Gasteiger partial charge on any atom is -0.480 e. The van der Waals surface area contributed by atoms with E-state index < -0.39 is 16.0 Å². The van der Waals surface area contributed by atoms with Gasteiger partial charge in [0.05, 0.1) is 12.2 Å². The van der Waals surface area contributed by atoms with Crippen LogP contribution in [-0.4, -0.2) is 40.3 Å². The van der Waals surface area contributed by atoms with E-state index in [0.29, 0.717) is 11.5 Å². The first-order valence-electron chi connectivity index (χ1n) is 13.1. The van der Waals surface area contributed by atoms with Gasteiger partial charge in [0.2, 0.25) is 0 Å². The van der Waals surface area contributed by atoms with Crippen LogP contribution in [-0.2, 0) is 39.7 Å². The van der Waals surface area contributed by atoms with Crippen molar-refractivity contribution in [3.05, 3.63) is 120 Å². The summed E-state index contributed by atoms with van der Waals surface area (Å²) in [6, 6.07) is 28.3. The first kappa shape index (κ1) is 28.9. The fraction of sp³-hybridized carbons (Fsp3) is 0.258. The predicted octanol–water partition coefficient (Wildman–Crippen LogP) is 5.27. The molecule has 4 rings (SSSR count). The monoisotopic (exact) mass is 558 g/mol. The number of carboxylic acids is 1. The quantitative estimate of drug-likeness (QED) is 0.230. The lowest BCUT2D eigenvalue weighted by atomic mass is 9.79. The smallest absolute Gasteiger partial charge is 0.322 e. The molecular formula is C31H34N4O4S. The second-order valence-electron chi connectivity index (χ2n) is 10.3. The predicted molar refractivity (Wildman–Crippen MR) is 155 cm³/mol. The lowest BCUT2D eigenvalue weighted by molar-refractivity contribution is -0.134. The molecule has 0 aliphatic carbocycles. The lowest BCUT2D eigenvalue weighted by Gasteiger charge is -2.26. The number of aliphatic carboxylic acids is 1. The third-order valence-electron chi connectivity index (χ3n) is 6.78. The molecule has 0 spiro atoms. The average Bonchev–Trinajstić information content (AvgIpc) is 2.96. The molecule has 2 aromatic heterocycles. The molecule has 0 amide bonds. The maximum Gasteiger partial charge on any atom is 0.322 e. The van der Waals surface area contributed by atoms with Gasteiger partial charge in [-0.05, 0) is 59.2 Å². The Morgan fingerprint density at radius 3 is 2.27 bits per heavy atom. The average molecular weight is 559 g/mol. The van der Waals surface area contributed by atoms with Gasteiger partial charge in [-0.1, -0.05) is 80.6 Å². The zero-order valence-corrected chi connectivity index (χ0v) is 23.5. The Bertz CT molecular complexity index is 1510. The van der Waals surface area contributed by atoms with Crippen LogP contribution in [0.5, 0.6) is 0 Å². The molecule has 2 aromatic carbocycles. The van der Waals surface area contributed by atoms with Crippen molar-refractivity contribution >= 4 is 21.8 Å². The number of carbonyl (C=O) groups is 1. The summed E-state index contributed by atoms with van der Waals surface area (Å²) in [4.78, 5) is 19.4. The molecule has 0 unspecified atom stereocenters. The first-order chi connectivity index (χ1) is 19.1. The van der Waals surface area contributed by atoms with Crippen molar-refractivity contribution in [2.24, 2.45) is 0 Å². The van der Waals surface area contributed by atoms with E-state index in [4.69, 9.17) is 5.11 Å². The minimum atomic E-state index is -3.95. The van der Waals surface area contributed by atoms with Crippen LogP contribution in [0.25, 0.3) is 0 Å². The fourth-order valence-electron chi connectivity index (χ4n) is 4.38. The van der Waals surface area contributed by atoms with Crippen LogP contribution < -0.4 is 5.32 Å². The van der Waals surface area contributed by atoms with Gasteiger partial charge in [0.25, 0.3) is 10.0 Å². The van der Waals surface area contributed by atoms with Gasteiger partial charge in [-0.3, -0.25) is 4.79 Å². The molecule has 4 aromatic rings. The Kier molecular flexibility index (Phi) is 9.29. The lowest BCUT2D eigenvalue weighted by Crippen LogP contribution is -2.31. The largest absolute Gasteiger partial charge is 0.480 e. The molecule has 0 saturated heterocycles. The molecule has 0 radical (unpaired) electrons. The van der Waals surface area contributed by atoms with E-state index >= 15 is 0 Å². The number of aryl methyl sites for hydroxylation is 1. The Labute approximate surface area is 235 Å². The second kappa shape index (κ2) is 12.8. The Balaban J connectivity index is 1.54. The number of hydrogen-bond acceptors (Lipinski definition) is 6. The number of carboxylic acid groups (broad SMARTS) is 1. The maximum atomic E-state index is 13.6. The molecule has 2 heterocycles. The number of nitrogens with zero attached hydrogens (tertiary/aromatic N) is 3. The maximum absolute atomic E-state index is 13.6. The highest BCUT2D eigenvalue weighted by molar-refractivity contribution is 7.89. The molecule has 40 heavy (non-hydrogen) atoms. The SMILES string of the molecule is CC(C)(CCc1ccccc1)c1ccc(CN(Cc2cccc(NCC(=O)O)n2)S(=O)(=O)c2ccccn2)cc1. The van der Waals surface area contributed by atoms with Gasteiger partial charge < -0.3 is 10.4 Å². The van der Waals surface area contributed by atoms with Crippen molar-refractivity contribution in [1.82, 2.24) is 14.3 Å². The first-order valence-corrected chi connectivity index (χ1v) is 14.5. The molecule has 208 valence electrons. The van der Waals surface area contributed by atoms with Crippen molar-refractivity contribution < 1.29 is 18.3 Å². The number of sulfonamides is 1. The van der Waals surface area contributed by atoms with Crippen LogP contribution in [0.15, 0.2) is 102 Å². The van der Waals surface area contributed by atoms with E-state index in [2.05, 4.69) is 65.5 Å². The number of anilines is 1. The van der Waals surface area contributed by atoms with Crippen LogP contribution >= 0.6 is 0 Å². The highest BCUT2D eigenvalue weighted by atomic mass is 32.2. The van der Waals surface area contributed by atoms with Crippen molar-refractivity contribution in [1.29, 1.82) is 0 Å². The molecular weight excluding hydrogens is 524 g/mol. The minimum absolute atomic E-state index is 0.00812. The van der Waals surface area contributed by atoms with Crippen LogP contribution in [0.2, 0.25) is 0 Å². The van der Waals surface area contributed by atoms with Gasteiger partial charge in [0.1, 0.15) is 12.4 Å². The normalized spacial score (nSPS) is 11.9. The number of pyridine rings is 2. The zero-order chi connectivity index (χ0) is 28.6.